The van der Waals surface area contributed by atoms with Gasteiger partial charge in [-0.1, -0.05) is 6.92 Å². The first-order valence-corrected chi connectivity index (χ1v) is 1.49. The van der Waals surface area contributed by atoms with Gasteiger partial charge in [-0.25, -0.2) is 0 Å². The van der Waals surface area contributed by atoms with Crippen LogP contribution in [0.2, 0.25) is 0 Å². The molecule has 0 aliphatic heterocycles. The molecule has 0 atom stereocenters. The van der Waals surface area contributed by atoms with E-state index in [0.29, 0.717) is 0 Å². The second-order valence-corrected chi connectivity index (χ2v) is 0.747. The number of rotatable bonds is 1. The molecular formula is C4H6O2. The summed E-state index contributed by atoms with van der Waals surface area (Å²) >= 11 is 0. The molecule has 0 spiro atoms. The summed E-state index contributed by atoms with van der Waals surface area (Å²) in [5, 5.41) is 7.72. The third-order valence-electron chi connectivity index (χ3n) is 0.302. The fourth-order valence-corrected chi connectivity index (χ4v) is 0. The van der Waals surface area contributed by atoms with E-state index in [1.165, 1.54) is 0 Å². The highest BCUT2D eigenvalue weighted by Gasteiger charge is 1.80. The molecule has 1 N–H and O–H groups in total. The molecule has 0 fully saturated rings. The van der Waals surface area contributed by atoms with Crippen LogP contribution < -0.4 is 0 Å². The molecule has 0 saturated carbocycles. The topological polar surface area (TPSA) is 37.3 Å². The standard InChI is InChI=1S/C3H6O2.C/c1-2-3(4)5;/h2H2,1H3,(H,4,5);. The lowest BCUT2D eigenvalue weighted by molar-refractivity contribution is -0.136. The highest BCUT2D eigenvalue weighted by atomic mass is 16.4. The first-order valence-electron chi connectivity index (χ1n) is 1.49. The Morgan fingerprint density at radius 3 is 2.00 bits per heavy atom. The molecule has 0 saturated heterocycles. The van der Waals surface area contributed by atoms with Gasteiger partial charge in [-0.3, -0.25) is 4.79 Å². The maximum Gasteiger partial charge on any atom is 0.303 e. The van der Waals surface area contributed by atoms with E-state index in [-0.39, 0.29) is 13.8 Å². The van der Waals surface area contributed by atoms with Crippen LogP contribution >= 0.6 is 0 Å². The SMILES string of the molecule is CCC(=O)O.[C]. The van der Waals surface area contributed by atoms with Crippen molar-refractivity contribution >= 4 is 5.97 Å². The third-order valence-corrected chi connectivity index (χ3v) is 0.302. The minimum absolute atomic E-state index is 0. The van der Waals surface area contributed by atoms with Crippen LogP contribution in [0.3, 0.4) is 0 Å². The molecule has 0 rings (SSSR count). The predicted octanol–water partition coefficient (Wildman–Crippen LogP) is 0.562. The summed E-state index contributed by atoms with van der Waals surface area (Å²) < 4.78 is 0. The first kappa shape index (κ1) is 9.08. The van der Waals surface area contributed by atoms with Crippen molar-refractivity contribution in [1.82, 2.24) is 0 Å². The van der Waals surface area contributed by atoms with Gasteiger partial charge in [0.25, 0.3) is 0 Å². The maximum atomic E-state index is 9.37. The van der Waals surface area contributed by atoms with E-state index in [0.717, 1.165) is 0 Å². The van der Waals surface area contributed by atoms with Gasteiger partial charge >= 0.3 is 5.97 Å². The molecule has 0 aromatic heterocycles. The number of hydrogen-bond acceptors (Lipinski definition) is 1. The molecule has 0 bridgehead atoms. The van der Waals surface area contributed by atoms with Gasteiger partial charge in [0, 0.05) is 13.8 Å². The lowest BCUT2D eigenvalue weighted by Crippen LogP contribution is -1.86. The molecule has 0 aliphatic rings. The average Bonchev–Trinajstić information content (AvgIpc) is 1.38. The van der Waals surface area contributed by atoms with Crippen LogP contribution in [0.25, 0.3) is 0 Å². The predicted molar refractivity (Wildman–Crippen MR) is 21.2 cm³/mol. The van der Waals surface area contributed by atoms with Gasteiger partial charge < -0.3 is 5.11 Å². The van der Waals surface area contributed by atoms with E-state index in [9.17, 15) is 4.79 Å². The Labute approximate surface area is 37.8 Å². The Hall–Kier alpha value is -0.530. The van der Waals surface area contributed by atoms with Crippen LogP contribution in [0.5, 0.6) is 0 Å². The van der Waals surface area contributed by atoms with E-state index in [1.54, 1.807) is 6.92 Å². The number of carboxylic acids is 1. The molecule has 4 radical (unpaired) electrons. The molecule has 0 unspecified atom stereocenters. The van der Waals surface area contributed by atoms with Crippen LogP contribution in [0.15, 0.2) is 0 Å². The van der Waals surface area contributed by atoms with E-state index >= 15 is 0 Å². The van der Waals surface area contributed by atoms with Crippen LogP contribution in [0.1, 0.15) is 13.3 Å². The summed E-state index contributed by atoms with van der Waals surface area (Å²) in [5.74, 6) is -0.745. The zero-order valence-corrected chi connectivity index (χ0v) is 3.56. The van der Waals surface area contributed by atoms with Crippen molar-refractivity contribution in [2.45, 2.75) is 13.3 Å². The van der Waals surface area contributed by atoms with Crippen molar-refractivity contribution < 1.29 is 9.90 Å². The maximum absolute atomic E-state index is 9.37. The normalized spacial score (nSPS) is 6.17. The summed E-state index contributed by atoms with van der Waals surface area (Å²) in [7, 11) is 0. The minimum Gasteiger partial charge on any atom is -0.481 e. The van der Waals surface area contributed by atoms with Gasteiger partial charge in [-0.05, 0) is 0 Å². The van der Waals surface area contributed by atoms with Gasteiger partial charge in [0.2, 0.25) is 0 Å². The first-order chi connectivity index (χ1) is 2.27. The van der Waals surface area contributed by atoms with Crippen molar-refractivity contribution in [2.75, 3.05) is 0 Å². The second-order valence-electron chi connectivity index (χ2n) is 0.747. The van der Waals surface area contributed by atoms with Crippen LogP contribution in [0.4, 0.5) is 0 Å². The number of carbonyl (C=O) groups is 1. The fourth-order valence-electron chi connectivity index (χ4n) is 0. The van der Waals surface area contributed by atoms with E-state index in [4.69, 9.17) is 5.11 Å². The van der Waals surface area contributed by atoms with E-state index in [2.05, 4.69) is 0 Å². The van der Waals surface area contributed by atoms with Gasteiger partial charge in [0.1, 0.15) is 0 Å². The van der Waals surface area contributed by atoms with Gasteiger partial charge in [0.15, 0.2) is 0 Å². The van der Waals surface area contributed by atoms with Crippen molar-refractivity contribution in [3.8, 4) is 0 Å². The van der Waals surface area contributed by atoms with E-state index < -0.39 is 5.97 Å². The lowest BCUT2D eigenvalue weighted by Gasteiger charge is -1.71. The smallest absolute Gasteiger partial charge is 0.303 e. The molecule has 0 amide bonds. The molecule has 6 heavy (non-hydrogen) atoms. The Bertz CT molecular complexity index is 40.8. The Kier molecular flexibility index (Phi) is 6.76. The molecule has 2 heteroatoms. The zero-order chi connectivity index (χ0) is 4.28. The van der Waals surface area contributed by atoms with E-state index in [1.807, 2.05) is 0 Å². The van der Waals surface area contributed by atoms with Crippen LogP contribution in [-0.2, 0) is 4.79 Å². The highest BCUT2D eigenvalue weighted by molar-refractivity contribution is 5.66. The molecule has 34 valence electrons. The second kappa shape index (κ2) is 4.47. The van der Waals surface area contributed by atoms with Gasteiger partial charge in [-0.2, -0.15) is 0 Å². The summed E-state index contributed by atoms with van der Waals surface area (Å²) in [4.78, 5) is 9.37. The summed E-state index contributed by atoms with van der Waals surface area (Å²) in [6.45, 7) is 1.60. The summed E-state index contributed by atoms with van der Waals surface area (Å²) in [5.41, 5.74) is 0. The number of aliphatic carboxylic acids is 1. The van der Waals surface area contributed by atoms with Crippen LogP contribution in [-0.4, -0.2) is 11.1 Å². The molecule has 2 nitrogen and oxygen atoms in total. The molecule has 0 heterocycles. The molecule has 0 aromatic rings. The number of hydrogen-bond donors (Lipinski definition) is 1. The quantitative estimate of drug-likeness (QED) is 0.506. The monoisotopic (exact) mass is 86.0 g/mol. The van der Waals surface area contributed by atoms with Crippen molar-refractivity contribution in [3.63, 3.8) is 0 Å². The lowest BCUT2D eigenvalue weighted by atomic mass is 10.5. The van der Waals surface area contributed by atoms with Crippen molar-refractivity contribution in [3.05, 3.63) is 7.43 Å². The minimum atomic E-state index is -0.745. The fraction of sp³-hybridized carbons (Fsp3) is 0.500. The summed E-state index contributed by atoms with van der Waals surface area (Å²) in [6.07, 6.45) is 0.222. The molecule has 0 aromatic carbocycles. The average molecular weight is 86.1 g/mol. The molecule has 0 aliphatic carbocycles. The summed E-state index contributed by atoms with van der Waals surface area (Å²) in [6, 6.07) is 0. The molecular weight excluding hydrogens is 80.0 g/mol. The van der Waals surface area contributed by atoms with Crippen LogP contribution in [0, 0.1) is 7.43 Å². The van der Waals surface area contributed by atoms with Crippen molar-refractivity contribution in [2.24, 2.45) is 0 Å². The van der Waals surface area contributed by atoms with Crippen molar-refractivity contribution in [1.29, 1.82) is 0 Å². The highest BCUT2D eigenvalue weighted by Crippen LogP contribution is 1.67. The van der Waals surface area contributed by atoms with Gasteiger partial charge in [-0.15, -0.1) is 0 Å². The largest absolute Gasteiger partial charge is 0.481 e. The third kappa shape index (κ3) is 9.80. The Morgan fingerprint density at radius 1 is 1.83 bits per heavy atom. The zero-order valence-electron chi connectivity index (χ0n) is 3.56. The Balaban J connectivity index is 0. The van der Waals surface area contributed by atoms with Gasteiger partial charge in [0.05, 0.1) is 0 Å². The number of carboxylic acid groups (broad SMARTS) is 1. The Morgan fingerprint density at radius 2 is 2.00 bits per heavy atom.